The van der Waals surface area contributed by atoms with Crippen molar-refractivity contribution in [1.29, 1.82) is 0 Å². The molecule has 13 heavy (non-hydrogen) atoms. The van der Waals surface area contributed by atoms with Crippen LogP contribution in [0.15, 0.2) is 35.9 Å². The fraction of sp³-hybridized carbons (Fsp3) is 0.143. The maximum Gasteiger partial charge on any atom is 0.325 e. The molecule has 0 saturated heterocycles. The van der Waals surface area contributed by atoms with Gasteiger partial charge in [0.2, 0.25) is 0 Å². The highest BCUT2D eigenvalue weighted by atomic mass is 35.7. The molecule has 0 spiro atoms. The summed E-state index contributed by atoms with van der Waals surface area (Å²) in [6.07, 6.45) is 6.23. The van der Waals surface area contributed by atoms with Crippen molar-refractivity contribution in [3.05, 3.63) is 35.9 Å². The van der Waals surface area contributed by atoms with Crippen molar-refractivity contribution in [3.8, 4) is 0 Å². The third-order valence-corrected chi connectivity index (χ3v) is 2.93. The van der Waals surface area contributed by atoms with E-state index in [0.29, 0.717) is 12.4 Å². The summed E-state index contributed by atoms with van der Waals surface area (Å²) in [5, 5.41) is 0. The van der Waals surface area contributed by atoms with Crippen LogP contribution in [-0.4, -0.2) is 19.3 Å². The molecule has 0 fully saturated rings. The highest BCUT2D eigenvalue weighted by Gasteiger charge is 2.21. The van der Waals surface area contributed by atoms with Crippen molar-refractivity contribution in [1.82, 2.24) is 4.31 Å². The number of hydrogen-bond donors (Lipinski definition) is 0. The first kappa shape index (κ1) is 8.65. The summed E-state index contributed by atoms with van der Waals surface area (Å²) in [7, 11) is 1.40. The zero-order valence-corrected chi connectivity index (χ0v) is 8.05. The second kappa shape index (κ2) is 2.78. The molecule has 2 rings (SSSR count). The SMILES string of the molecule is O=S(=O)(Cl)N1C=CC2=CCOC2=C1. The van der Waals surface area contributed by atoms with E-state index in [1.165, 1.54) is 12.4 Å². The van der Waals surface area contributed by atoms with E-state index in [9.17, 15) is 8.42 Å². The molecule has 0 bridgehead atoms. The van der Waals surface area contributed by atoms with Gasteiger partial charge in [-0.1, -0.05) is 0 Å². The van der Waals surface area contributed by atoms with Gasteiger partial charge in [0.15, 0.2) is 0 Å². The Balaban J connectivity index is 2.36. The summed E-state index contributed by atoms with van der Waals surface area (Å²) in [5.41, 5.74) is 0.886. The van der Waals surface area contributed by atoms with Crippen molar-refractivity contribution in [2.75, 3.05) is 6.61 Å². The van der Waals surface area contributed by atoms with E-state index in [-0.39, 0.29) is 0 Å². The fourth-order valence-corrected chi connectivity index (χ4v) is 1.80. The van der Waals surface area contributed by atoms with Gasteiger partial charge in [0.1, 0.15) is 12.4 Å². The average molecular weight is 220 g/mol. The smallest absolute Gasteiger partial charge is 0.325 e. The normalized spacial score (nSPS) is 20.5. The Morgan fingerprint density at radius 2 is 2.31 bits per heavy atom. The van der Waals surface area contributed by atoms with Gasteiger partial charge in [-0.3, -0.25) is 0 Å². The fourth-order valence-electron chi connectivity index (χ4n) is 1.12. The first-order valence-corrected chi connectivity index (χ1v) is 5.80. The van der Waals surface area contributed by atoms with Crippen LogP contribution in [0.25, 0.3) is 0 Å². The Kier molecular flexibility index (Phi) is 1.85. The number of fused-ring (bicyclic) bond motifs is 1. The lowest BCUT2D eigenvalue weighted by atomic mass is 10.2. The molecule has 2 heterocycles. The van der Waals surface area contributed by atoms with E-state index in [2.05, 4.69) is 0 Å². The van der Waals surface area contributed by atoms with Crippen LogP contribution in [0.1, 0.15) is 0 Å². The van der Waals surface area contributed by atoms with Gasteiger partial charge in [0.05, 0.1) is 6.20 Å². The summed E-state index contributed by atoms with van der Waals surface area (Å²) in [5.74, 6) is 0.534. The molecule has 0 unspecified atom stereocenters. The Labute approximate surface area is 80.3 Å². The van der Waals surface area contributed by atoms with Gasteiger partial charge in [0.25, 0.3) is 0 Å². The molecule has 0 aromatic heterocycles. The third-order valence-electron chi connectivity index (χ3n) is 1.72. The van der Waals surface area contributed by atoms with Crippen molar-refractivity contribution >= 4 is 19.9 Å². The minimum absolute atomic E-state index is 0.474. The van der Waals surface area contributed by atoms with E-state index < -0.39 is 9.24 Å². The van der Waals surface area contributed by atoms with Crippen LogP contribution >= 0.6 is 10.7 Å². The molecular formula is C7H6ClNO3S. The van der Waals surface area contributed by atoms with Gasteiger partial charge in [-0.25, -0.2) is 4.31 Å². The Morgan fingerprint density at radius 1 is 1.54 bits per heavy atom. The summed E-state index contributed by atoms with van der Waals surface area (Å²) >= 11 is 0. The molecule has 0 amide bonds. The van der Waals surface area contributed by atoms with Crippen LogP contribution < -0.4 is 0 Å². The molecule has 0 aromatic carbocycles. The molecule has 0 saturated carbocycles. The van der Waals surface area contributed by atoms with E-state index in [1.54, 1.807) is 6.08 Å². The largest absolute Gasteiger partial charge is 0.487 e. The monoisotopic (exact) mass is 219 g/mol. The van der Waals surface area contributed by atoms with E-state index in [4.69, 9.17) is 15.4 Å². The zero-order valence-electron chi connectivity index (χ0n) is 6.47. The van der Waals surface area contributed by atoms with Gasteiger partial charge >= 0.3 is 9.24 Å². The van der Waals surface area contributed by atoms with Gasteiger partial charge in [0, 0.05) is 22.5 Å². The topological polar surface area (TPSA) is 46.6 Å². The van der Waals surface area contributed by atoms with E-state index in [0.717, 1.165) is 9.88 Å². The minimum atomic E-state index is -3.73. The predicted molar refractivity (Wildman–Crippen MR) is 47.9 cm³/mol. The molecule has 0 aromatic rings. The Morgan fingerprint density at radius 3 is 3.00 bits per heavy atom. The summed E-state index contributed by atoms with van der Waals surface area (Å²) in [4.78, 5) is 0. The Hall–Kier alpha value is -0.940. The number of ether oxygens (including phenoxy) is 1. The van der Waals surface area contributed by atoms with Crippen LogP contribution in [-0.2, 0) is 14.0 Å². The lowest BCUT2D eigenvalue weighted by molar-refractivity contribution is 0.271. The zero-order chi connectivity index (χ0) is 9.47. The highest BCUT2D eigenvalue weighted by Crippen LogP contribution is 2.26. The summed E-state index contributed by atoms with van der Waals surface area (Å²) in [6, 6.07) is 0. The molecule has 0 radical (unpaired) electrons. The van der Waals surface area contributed by atoms with Gasteiger partial charge in [-0.05, 0) is 12.2 Å². The maximum absolute atomic E-state index is 10.9. The lowest BCUT2D eigenvalue weighted by Crippen LogP contribution is -2.17. The van der Waals surface area contributed by atoms with Crippen LogP contribution in [0.4, 0.5) is 0 Å². The van der Waals surface area contributed by atoms with Crippen molar-refractivity contribution in [3.63, 3.8) is 0 Å². The quantitative estimate of drug-likeness (QED) is 0.621. The Bertz CT molecular complexity index is 421. The molecule has 0 N–H and O–H groups in total. The molecule has 4 nitrogen and oxygen atoms in total. The number of hydrogen-bond acceptors (Lipinski definition) is 3. The maximum atomic E-state index is 10.9. The van der Waals surface area contributed by atoms with Crippen LogP contribution in [0, 0.1) is 0 Å². The summed E-state index contributed by atoms with van der Waals surface area (Å²) in [6.45, 7) is 0.474. The van der Waals surface area contributed by atoms with Crippen LogP contribution in [0.5, 0.6) is 0 Å². The van der Waals surface area contributed by atoms with Crippen LogP contribution in [0.3, 0.4) is 0 Å². The number of nitrogens with zero attached hydrogens (tertiary/aromatic N) is 1. The number of allylic oxidation sites excluding steroid dienone is 1. The molecular weight excluding hydrogens is 214 g/mol. The molecule has 0 atom stereocenters. The summed E-state index contributed by atoms with van der Waals surface area (Å²) < 4.78 is 27.8. The molecule has 70 valence electrons. The predicted octanol–water partition coefficient (Wildman–Crippen LogP) is 1.10. The first-order chi connectivity index (χ1) is 6.07. The second-order valence-electron chi connectivity index (χ2n) is 2.55. The molecule has 2 aliphatic heterocycles. The molecule has 6 heteroatoms. The minimum Gasteiger partial charge on any atom is -0.487 e. The second-order valence-corrected chi connectivity index (χ2v) is 4.97. The average Bonchev–Trinajstić information content (AvgIpc) is 2.47. The van der Waals surface area contributed by atoms with Crippen molar-refractivity contribution < 1.29 is 13.2 Å². The number of rotatable bonds is 1. The van der Waals surface area contributed by atoms with Crippen LogP contribution in [0.2, 0.25) is 0 Å². The first-order valence-electron chi connectivity index (χ1n) is 3.54. The van der Waals surface area contributed by atoms with E-state index in [1.807, 2.05) is 6.08 Å². The van der Waals surface area contributed by atoms with Crippen molar-refractivity contribution in [2.24, 2.45) is 0 Å². The van der Waals surface area contributed by atoms with E-state index >= 15 is 0 Å². The van der Waals surface area contributed by atoms with Gasteiger partial charge in [-0.15, -0.1) is 0 Å². The third kappa shape index (κ3) is 1.57. The molecule has 2 aliphatic rings. The number of halogens is 1. The van der Waals surface area contributed by atoms with Crippen molar-refractivity contribution in [2.45, 2.75) is 0 Å². The lowest BCUT2D eigenvalue weighted by Gasteiger charge is -2.16. The van der Waals surface area contributed by atoms with Gasteiger partial charge < -0.3 is 4.74 Å². The van der Waals surface area contributed by atoms with Gasteiger partial charge in [-0.2, -0.15) is 8.42 Å². The standard InChI is InChI=1S/C7H6ClNO3S/c8-13(10,11)9-3-1-6-2-4-12-7(6)5-9/h1-3,5H,4H2. The molecule has 0 aliphatic carbocycles. The highest BCUT2D eigenvalue weighted by molar-refractivity contribution is 8.12.